The number of allylic oxidation sites excluding steroid dienone is 4. The molecule has 0 radical (unpaired) electrons. The summed E-state index contributed by atoms with van der Waals surface area (Å²) in [5.74, 6) is 0. The van der Waals surface area contributed by atoms with Gasteiger partial charge < -0.3 is 5.11 Å². The zero-order valence-electron chi connectivity index (χ0n) is 8.27. The third-order valence-electron chi connectivity index (χ3n) is 2.48. The predicted octanol–water partition coefficient (Wildman–Crippen LogP) is 1.65. The number of aromatic nitrogens is 2. The van der Waals surface area contributed by atoms with Crippen LogP contribution in [-0.4, -0.2) is 14.9 Å². The van der Waals surface area contributed by atoms with Crippen LogP contribution in [0.25, 0.3) is 5.57 Å². The Morgan fingerprint density at radius 2 is 2.43 bits per heavy atom. The molecule has 0 aliphatic heterocycles. The summed E-state index contributed by atoms with van der Waals surface area (Å²) < 4.78 is 1.73. The van der Waals surface area contributed by atoms with E-state index < -0.39 is 0 Å². The van der Waals surface area contributed by atoms with E-state index in [-0.39, 0.29) is 6.61 Å². The number of hydrogen-bond donors (Lipinski definition) is 1. The molecule has 1 aromatic rings. The lowest BCUT2D eigenvalue weighted by molar-refractivity contribution is 0.270. The molecule has 0 saturated heterocycles. The topological polar surface area (TPSA) is 38.0 Å². The molecule has 0 bridgehead atoms. The maximum Gasteiger partial charge on any atom is 0.0886 e. The Morgan fingerprint density at radius 1 is 1.57 bits per heavy atom. The van der Waals surface area contributed by atoms with Crippen LogP contribution < -0.4 is 0 Å². The Labute approximate surface area is 83.4 Å². The SMILES string of the molecule is Cn1nc(C2=CC=CCC2)cc1CO. The lowest BCUT2D eigenvalue weighted by atomic mass is 10.0. The van der Waals surface area contributed by atoms with Crippen LogP contribution in [0.3, 0.4) is 0 Å². The van der Waals surface area contributed by atoms with E-state index in [1.54, 1.807) is 4.68 Å². The Balaban J connectivity index is 2.32. The predicted molar refractivity (Wildman–Crippen MR) is 55.5 cm³/mol. The minimum atomic E-state index is 0.0482. The van der Waals surface area contributed by atoms with Gasteiger partial charge in [-0.1, -0.05) is 18.2 Å². The van der Waals surface area contributed by atoms with E-state index in [0.29, 0.717) is 0 Å². The number of nitrogens with zero attached hydrogens (tertiary/aromatic N) is 2. The number of hydrogen-bond acceptors (Lipinski definition) is 2. The van der Waals surface area contributed by atoms with Gasteiger partial charge in [-0.05, 0) is 24.5 Å². The molecule has 2 rings (SSSR count). The number of aryl methyl sites for hydroxylation is 1. The molecule has 1 N–H and O–H groups in total. The zero-order chi connectivity index (χ0) is 9.97. The van der Waals surface area contributed by atoms with Gasteiger partial charge in [0.25, 0.3) is 0 Å². The molecule has 1 aliphatic rings. The highest BCUT2D eigenvalue weighted by atomic mass is 16.3. The lowest BCUT2D eigenvalue weighted by Gasteiger charge is -2.04. The van der Waals surface area contributed by atoms with Crippen molar-refractivity contribution in [1.82, 2.24) is 9.78 Å². The van der Waals surface area contributed by atoms with E-state index in [1.807, 2.05) is 13.1 Å². The summed E-state index contributed by atoms with van der Waals surface area (Å²) in [6.07, 6.45) is 8.42. The van der Waals surface area contributed by atoms with Gasteiger partial charge in [-0.2, -0.15) is 5.10 Å². The van der Waals surface area contributed by atoms with Gasteiger partial charge in [0.2, 0.25) is 0 Å². The van der Waals surface area contributed by atoms with Crippen molar-refractivity contribution in [2.75, 3.05) is 0 Å². The van der Waals surface area contributed by atoms with E-state index >= 15 is 0 Å². The van der Waals surface area contributed by atoms with E-state index in [1.165, 1.54) is 5.57 Å². The summed E-state index contributed by atoms with van der Waals surface area (Å²) in [4.78, 5) is 0. The van der Waals surface area contributed by atoms with Crippen molar-refractivity contribution in [1.29, 1.82) is 0 Å². The Morgan fingerprint density at radius 3 is 3.00 bits per heavy atom. The fourth-order valence-corrected chi connectivity index (χ4v) is 1.63. The second-order valence-corrected chi connectivity index (χ2v) is 3.46. The van der Waals surface area contributed by atoms with Crippen LogP contribution in [-0.2, 0) is 13.7 Å². The van der Waals surface area contributed by atoms with Gasteiger partial charge >= 0.3 is 0 Å². The van der Waals surface area contributed by atoms with Crippen molar-refractivity contribution in [2.24, 2.45) is 7.05 Å². The Kier molecular flexibility index (Phi) is 2.50. The van der Waals surface area contributed by atoms with Crippen LogP contribution in [0.15, 0.2) is 24.3 Å². The standard InChI is InChI=1S/C11H14N2O/c1-13-10(8-14)7-11(12-13)9-5-3-2-4-6-9/h2-3,5,7,14H,4,6,8H2,1H3. The van der Waals surface area contributed by atoms with E-state index in [9.17, 15) is 0 Å². The maximum atomic E-state index is 9.04. The van der Waals surface area contributed by atoms with Gasteiger partial charge in [0.05, 0.1) is 18.0 Å². The van der Waals surface area contributed by atoms with E-state index in [0.717, 1.165) is 24.2 Å². The highest BCUT2D eigenvalue weighted by molar-refractivity contribution is 5.65. The molecule has 0 amide bonds. The molecular formula is C11H14N2O. The summed E-state index contributed by atoms with van der Waals surface area (Å²) >= 11 is 0. The first-order valence-corrected chi connectivity index (χ1v) is 4.81. The minimum absolute atomic E-state index is 0.0482. The normalized spacial score (nSPS) is 15.7. The summed E-state index contributed by atoms with van der Waals surface area (Å²) in [5, 5.41) is 13.4. The third kappa shape index (κ3) is 1.63. The highest BCUT2D eigenvalue weighted by Gasteiger charge is 2.09. The van der Waals surface area contributed by atoms with Gasteiger partial charge in [-0.25, -0.2) is 0 Å². The molecular weight excluding hydrogens is 176 g/mol. The molecule has 0 unspecified atom stereocenters. The summed E-state index contributed by atoms with van der Waals surface area (Å²) in [7, 11) is 1.86. The fraction of sp³-hybridized carbons (Fsp3) is 0.364. The molecule has 0 fully saturated rings. The van der Waals surface area contributed by atoms with Crippen LogP contribution in [0.5, 0.6) is 0 Å². The number of aliphatic hydroxyl groups is 1. The molecule has 1 heterocycles. The van der Waals surface area contributed by atoms with Crippen molar-refractivity contribution in [3.8, 4) is 0 Å². The van der Waals surface area contributed by atoms with Crippen molar-refractivity contribution in [2.45, 2.75) is 19.4 Å². The maximum absolute atomic E-state index is 9.04. The van der Waals surface area contributed by atoms with Crippen molar-refractivity contribution in [3.63, 3.8) is 0 Å². The fourth-order valence-electron chi connectivity index (χ4n) is 1.63. The average molecular weight is 190 g/mol. The van der Waals surface area contributed by atoms with Crippen molar-refractivity contribution in [3.05, 3.63) is 35.7 Å². The molecule has 14 heavy (non-hydrogen) atoms. The third-order valence-corrected chi connectivity index (χ3v) is 2.48. The van der Waals surface area contributed by atoms with Gasteiger partial charge in [0, 0.05) is 7.05 Å². The van der Waals surface area contributed by atoms with Crippen LogP contribution in [0, 0.1) is 0 Å². The molecule has 1 aromatic heterocycles. The van der Waals surface area contributed by atoms with Gasteiger partial charge in [0.1, 0.15) is 0 Å². The monoisotopic (exact) mass is 190 g/mol. The second kappa shape index (κ2) is 3.80. The highest BCUT2D eigenvalue weighted by Crippen LogP contribution is 2.22. The van der Waals surface area contributed by atoms with Gasteiger partial charge in [0.15, 0.2) is 0 Å². The number of aliphatic hydroxyl groups excluding tert-OH is 1. The van der Waals surface area contributed by atoms with Crippen LogP contribution in [0.1, 0.15) is 24.2 Å². The van der Waals surface area contributed by atoms with Crippen LogP contribution in [0.4, 0.5) is 0 Å². The van der Waals surface area contributed by atoms with Crippen molar-refractivity contribution < 1.29 is 5.11 Å². The summed E-state index contributed by atoms with van der Waals surface area (Å²) in [6, 6.07) is 1.95. The summed E-state index contributed by atoms with van der Waals surface area (Å²) in [5.41, 5.74) is 3.10. The van der Waals surface area contributed by atoms with Crippen molar-refractivity contribution >= 4 is 5.57 Å². The molecule has 74 valence electrons. The average Bonchev–Trinajstić information content (AvgIpc) is 2.61. The first-order valence-electron chi connectivity index (χ1n) is 4.81. The molecule has 0 atom stereocenters. The Hall–Kier alpha value is -1.35. The van der Waals surface area contributed by atoms with Gasteiger partial charge in [-0.3, -0.25) is 4.68 Å². The van der Waals surface area contributed by atoms with E-state index in [4.69, 9.17) is 5.11 Å². The van der Waals surface area contributed by atoms with Crippen LogP contribution in [0.2, 0.25) is 0 Å². The largest absolute Gasteiger partial charge is 0.390 e. The molecule has 0 aromatic carbocycles. The smallest absolute Gasteiger partial charge is 0.0886 e. The first kappa shape index (κ1) is 9.21. The molecule has 0 saturated carbocycles. The quantitative estimate of drug-likeness (QED) is 0.770. The molecule has 3 heteroatoms. The van der Waals surface area contributed by atoms with Crippen LogP contribution >= 0.6 is 0 Å². The zero-order valence-corrected chi connectivity index (χ0v) is 8.27. The summed E-state index contributed by atoms with van der Waals surface area (Å²) in [6.45, 7) is 0.0482. The molecule has 0 spiro atoms. The minimum Gasteiger partial charge on any atom is -0.390 e. The molecule has 3 nitrogen and oxygen atoms in total. The molecule has 1 aliphatic carbocycles. The number of rotatable bonds is 2. The van der Waals surface area contributed by atoms with E-state index in [2.05, 4.69) is 23.3 Å². The Bertz CT molecular complexity index is 388. The van der Waals surface area contributed by atoms with Gasteiger partial charge in [-0.15, -0.1) is 0 Å². The second-order valence-electron chi connectivity index (χ2n) is 3.46. The lowest BCUT2D eigenvalue weighted by Crippen LogP contribution is -1.97. The first-order chi connectivity index (χ1) is 6.81.